The molecular weight excluding hydrogens is 152 g/mol. The van der Waals surface area contributed by atoms with Gasteiger partial charge in [0, 0.05) is 19.6 Å². The Morgan fingerprint density at radius 3 is 2.50 bits per heavy atom. The Balaban J connectivity index is 0.000000810. The molecule has 0 aromatic carbocycles. The minimum atomic E-state index is 0. The van der Waals surface area contributed by atoms with Crippen LogP contribution in [0.4, 0.5) is 0 Å². The normalized spacial score (nSPS) is 20.1. The van der Waals surface area contributed by atoms with Crippen molar-refractivity contribution in [3.05, 3.63) is 0 Å². The Labute approximate surface area is 68.1 Å². The van der Waals surface area contributed by atoms with Crippen LogP contribution < -0.4 is 5.43 Å². The van der Waals surface area contributed by atoms with Crippen LogP contribution in [-0.4, -0.2) is 37.9 Å². The van der Waals surface area contributed by atoms with E-state index in [4.69, 9.17) is 4.74 Å². The second-order valence-corrected chi connectivity index (χ2v) is 2.11. The zero-order valence-electron chi connectivity index (χ0n) is 6.30. The topological polar surface area (TPSA) is 24.5 Å². The molecule has 10 heavy (non-hydrogen) atoms. The standard InChI is InChI=1S/C6H14N2O.ClH/c1-2-7-8-3-5-9-6-4-8;/h7H,2-6H2,1H3;1H. The minimum absolute atomic E-state index is 0. The van der Waals surface area contributed by atoms with Crippen LogP contribution in [0.3, 0.4) is 0 Å². The molecule has 3 nitrogen and oxygen atoms in total. The maximum absolute atomic E-state index is 5.16. The van der Waals surface area contributed by atoms with Gasteiger partial charge in [-0.1, -0.05) is 6.92 Å². The van der Waals surface area contributed by atoms with Crippen LogP contribution in [0.1, 0.15) is 6.92 Å². The van der Waals surface area contributed by atoms with E-state index in [0.717, 1.165) is 32.8 Å². The molecule has 0 atom stereocenters. The molecule has 0 aliphatic carbocycles. The van der Waals surface area contributed by atoms with Gasteiger partial charge >= 0.3 is 0 Å². The maximum Gasteiger partial charge on any atom is 0.0608 e. The lowest BCUT2D eigenvalue weighted by atomic mass is 10.5. The highest BCUT2D eigenvalue weighted by molar-refractivity contribution is 5.85. The SMILES string of the molecule is CCNN1CCOCC1.Cl. The molecule has 4 heteroatoms. The van der Waals surface area contributed by atoms with Crippen molar-refractivity contribution >= 4 is 12.4 Å². The fourth-order valence-electron chi connectivity index (χ4n) is 0.945. The van der Waals surface area contributed by atoms with Gasteiger partial charge in [0.05, 0.1) is 13.2 Å². The van der Waals surface area contributed by atoms with Crippen molar-refractivity contribution in [1.82, 2.24) is 10.4 Å². The summed E-state index contributed by atoms with van der Waals surface area (Å²) in [6.45, 7) is 6.90. The van der Waals surface area contributed by atoms with Crippen LogP contribution in [0.5, 0.6) is 0 Å². The summed E-state index contributed by atoms with van der Waals surface area (Å²) in [6.07, 6.45) is 0. The first-order valence-corrected chi connectivity index (χ1v) is 3.49. The van der Waals surface area contributed by atoms with Crippen LogP contribution in [0.2, 0.25) is 0 Å². The Hall–Kier alpha value is 0.170. The third-order valence-electron chi connectivity index (χ3n) is 1.39. The second-order valence-electron chi connectivity index (χ2n) is 2.11. The average Bonchev–Trinajstić information content (AvgIpc) is 1.91. The van der Waals surface area contributed by atoms with Gasteiger partial charge in [-0.05, 0) is 0 Å². The molecule has 1 fully saturated rings. The van der Waals surface area contributed by atoms with Crippen molar-refractivity contribution in [2.24, 2.45) is 0 Å². The lowest BCUT2D eigenvalue weighted by Gasteiger charge is -2.26. The average molecular weight is 167 g/mol. The summed E-state index contributed by atoms with van der Waals surface area (Å²) in [6, 6.07) is 0. The van der Waals surface area contributed by atoms with E-state index in [1.54, 1.807) is 0 Å². The van der Waals surface area contributed by atoms with E-state index in [1.165, 1.54) is 0 Å². The van der Waals surface area contributed by atoms with Crippen molar-refractivity contribution in [1.29, 1.82) is 0 Å². The van der Waals surface area contributed by atoms with Gasteiger partial charge in [-0.15, -0.1) is 12.4 Å². The van der Waals surface area contributed by atoms with Crippen molar-refractivity contribution in [2.45, 2.75) is 6.92 Å². The van der Waals surface area contributed by atoms with E-state index in [2.05, 4.69) is 17.4 Å². The molecule has 0 radical (unpaired) electrons. The predicted octanol–water partition coefficient (Wildman–Crippen LogP) is 0.265. The molecule has 0 unspecified atom stereocenters. The molecule has 1 aliphatic heterocycles. The van der Waals surface area contributed by atoms with Crippen molar-refractivity contribution < 1.29 is 4.74 Å². The highest BCUT2D eigenvalue weighted by Gasteiger charge is 2.06. The van der Waals surface area contributed by atoms with E-state index in [-0.39, 0.29) is 12.4 Å². The number of hydrazine groups is 1. The van der Waals surface area contributed by atoms with Gasteiger partial charge in [0.2, 0.25) is 0 Å². The number of morpholine rings is 1. The highest BCUT2D eigenvalue weighted by Crippen LogP contribution is 1.90. The van der Waals surface area contributed by atoms with Crippen molar-refractivity contribution in [3.8, 4) is 0 Å². The molecule has 1 saturated heterocycles. The maximum atomic E-state index is 5.16. The third-order valence-corrected chi connectivity index (χ3v) is 1.39. The number of nitrogens with zero attached hydrogens (tertiary/aromatic N) is 1. The molecule has 0 aromatic rings. The molecule has 62 valence electrons. The van der Waals surface area contributed by atoms with Gasteiger partial charge in [-0.2, -0.15) is 0 Å². The van der Waals surface area contributed by atoms with E-state index < -0.39 is 0 Å². The van der Waals surface area contributed by atoms with Crippen LogP contribution in [-0.2, 0) is 4.74 Å². The molecule has 1 aliphatic rings. The summed E-state index contributed by atoms with van der Waals surface area (Å²) >= 11 is 0. The van der Waals surface area contributed by atoms with Crippen LogP contribution in [0.15, 0.2) is 0 Å². The molecule has 0 bridgehead atoms. The van der Waals surface area contributed by atoms with Crippen LogP contribution in [0.25, 0.3) is 0 Å². The summed E-state index contributed by atoms with van der Waals surface area (Å²) in [5.41, 5.74) is 3.24. The molecule has 1 rings (SSSR count). The van der Waals surface area contributed by atoms with Crippen LogP contribution >= 0.6 is 12.4 Å². The lowest BCUT2D eigenvalue weighted by molar-refractivity contribution is 0.0132. The zero-order chi connectivity index (χ0) is 6.53. The highest BCUT2D eigenvalue weighted by atomic mass is 35.5. The summed E-state index contributed by atoms with van der Waals surface area (Å²) in [5, 5.41) is 2.20. The first-order chi connectivity index (χ1) is 4.43. The summed E-state index contributed by atoms with van der Waals surface area (Å²) in [4.78, 5) is 0. The van der Waals surface area contributed by atoms with Gasteiger partial charge in [-0.3, -0.25) is 5.43 Å². The predicted molar refractivity (Wildman–Crippen MR) is 43.3 cm³/mol. The fraction of sp³-hybridized carbons (Fsp3) is 1.00. The molecule has 1 heterocycles. The third kappa shape index (κ3) is 3.37. The Kier molecular flexibility index (Phi) is 6.02. The van der Waals surface area contributed by atoms with Gasteiger partial charge in [0.1, 0.15) is 0 Å². The first-order valence-electron chi connectivity index (χ1n) is 3.49. The second kappa shape index (κ2) is 5.92. The molecular formula is C6H15ClN2O. The summed E-state index contributed by atoms with van der Waals surface area (Å²) in [7, 11) is 0. The molecule has 1 N–H and O–H groups in total. The van der Waals surface area contributed by atoms with E-state index in [1.807, 2.05) is 0 Å². The van der Waals surface area contributed by atoms with Crippen molar-refractivity contribution in [2.75, 3.05) is 32.8 Å². The number of ether oxygens (including phenoxy) is 1. The van der Waals surface area contributed by atoms with Gasteiger partial charge in [-0.25, -0.2) is 5.01 Å². The first kappa shape index (κ1) is 10.2. The number of hydrogen-bond donors (Lipinski definition) is 1. The van der Waals surface area contributed by atoms with Crippen LogP contribution in [0, 0.1) is 0 Å². The fourth-order valence-corrected chi connectivity index (χ4v) is 0.945. The van der Waals surface area contributed by atoms with Crippen molar-refractivity contribution in [3.63, 3.8) is 0 Å². The van der Waals surface area contributed by atoms with E-state index in [0.29, 0.717) is 0 Å². The smallest absolute Gasteiger partial charge is 0.0608 e. The monoisotopic (exact) mass is 166 g/mol. The molecule has 0 amide bonds. The van der Waals surface area contributed by atoms with Gasteiger partial charge in [0.25, 0.3) is 0 Å². The van der Waals surface area contributed by atoms with E-state index >= 15 is 0 Å². The Morgan fingerprint density at radius 2 is 2.00 bits per heavy atom. The quantitative estimate of drug-likeness (QED) is 0.637. The largest absolute Gasteiger partial charge is 0.379 e. The number of nitrogens with one attached hydrogen (secondary N) is 1. The van der Waals surface area contributed by atoms with E-state index in [9.17, 15) is 0 Å². The minimum Gasteiger partial charge on any atom is -0.379 e. The number of hydrogen-bond acceptors (Lipinski definition) is 3. The molecule has 0 aromatic heterocycles. The lowest BCUT2D eigenvalue weighted by Crippen LogP contribution is -2.45. The van der Waals surface area contributed by atoms with Gasteiger partial charge < -0.3 is 4.74 Å². The molecule has 0 saturated carbocycles. The Bertz CT molecular complexity index is 73.4. The Morgan fingerprint density at radius 1 is 1.40 bits per heavy atom. The summed E-state index contributed by atoms with van der Waals surface area (Å²) < 4.78 is 5.16. The zero-order valence-corrected chi connectivity index (χ0v) is 7.12. The number of rotatable bonds is 2. The summed E-state index contributed by atoms with van der Waals surface area (Å²) in [5.74, 6) is 0. The molecule has 0 spiro atoms. The number of halogens is 1. The van der Waals surface area contributed by atoms with Gasteiger partial charge in [0.15, 0.2) is 0 Å².